The van der Waals surface area contributed by atoms with E-state index in [-0.39, 0.29) is 10.7 Å². The smallest absolute Gasteiger partial charge is 0.289 e. The maximum Gasteiger partial charge on any atom is 0.289 e. The molecule has 6 nitrogen and oxygen atoms in total. The van der Waals surface area contributed by atoms with E-state index in [1.165, 1.54) is 12.1 Å². The van der Waals surface area contributed by atoms with Crippen molar-refractivity contribution in [1.29, 1.82) is 0 Å². The lowest BCUT2D eigenvalue weighted by atomic mass is 10.3. The molecule has 0 aromatic heterocycles. The third-order valence-corrected chi connectivity index (χ3v) is 2.56. The number of nitro groups is 1. The molecule has 1 aromatic carbocycles. The highest BCUT2D eigenvalue weighted by Gasteiger charge is 2.12. The number of benzene rings is 1. The normalized spacial score (nSPS) is 9.89. The van der Waals surface area contributed by atoms with E-state index in [1.54, 1.807) is 13.2 Å². The first-order valence-corrected chi connectivity index (χ1v) is 5.81. The average Bonchev–Trinajstić information content (AvgIpc) is 2.31. The summed E-state index contributed by atoms with van der Waals surface area (Å²) in [6.07, 6.45) is 0. The van der Waals surface area contributed by atoms with Gasteiger partial charge in [-0.3, -0.25) is 10.1 Å². The van der Waals surface area contributed by atoms with Gasteiger partial charge in [0.15, 0.2) is 5.11 Å². The van der Waals surface area contributed by atoms with Crippen LogP contribution in [0.5, 0.6) is 0 Å². The van der Waals surface area contributed by atoms with Crippen LogP contribution in [0.2, 0.25) is 5.02 Å². The van der Waals surface area contributed by atoms with E-state index in [4.69, 9.17) is 28.6 Å². The fraction of sp³-hybridized carbons (Fsp3) is 0.300. The number of ether oxygens (including phenoxy) is 1. The summed E-state index contributed by atoms with van der Waals surface area (Å²) in [5, 5.41) is 16.9. The lowest BCUT2D eigenvalue weighted by molar-refractivity contribution is -0.384. The Bertz CT molecular complexity index is 456. The van der Waals surface area contributed by atoms with Gasteiger partial charge in [-0.25, -0.2) is 0 Å². The van der Waals surface area contributed by atoms with E-state index in [9.17, 15) is 10.1 Å². The molecule has 0 saturated heterocycles. The van der Waals surface area contributed by atoms with Crippen molar-refractivity contribution in [1.82, 2.24) is 5.32 Å². The number of nitrogens with zero attached hydrogens (tertiary/aromatic N) is 1. The molecular formula is C10H12ClN3O3S. The number of anilines is 1. The first-order chi connectivity index (χ1) is 8.54. The van der Waals surface area contributed by atoms with Crippen LogP contribution in [0.3, 0.4) is 0 Å². The van der Waals surface area contributed by atoms with Gasteiger partial charge in [-0.2, -0.15) is 0 Å². The van der Waals surface area contributed by atoms with E-state index in [2.05, 4.69) is 10.6 Å². The Labute approximate surface area is 114 Å². The summed E-state index contributed by atoms with van der Waals surface area (Å²) < 4.78 is 4.85. The van der Waals surface area contributed by atoms with Crippen LogP contribution in [-0.2, 0) is 4.74 Å². The van der Waals surface area contributed by atoms with Crippen LogP contribution in [-0.4, -0.2) is 30.3 Å². The van der Waals surface area contributed by atoms with Gasteiger partial charge in [0, 0.05) is 25.4 Å². The second-order valence-electron chi connectivity index (χ2n) is 3.30. The number of nitrogens with one attached hydrogen (secondary N) is 2. The summed E-state index contributed by atoms with van der Waals surface area (Å²) in [6.45, 7) is 1.07. The molecule has 0 spiro atoms. The van der Waals surface area contributed by atoms with Crippen LogP contribution in [0.15, 0.2) is 18.2 Å². The summed E-state index contributed by atoms with van der Waals surface area (Å²) in [5.41, 5.74) is 0.336. The minimum Gasteiger partial charge on any atom is -0.383 e. The Kier molecular flexibility index (Phi) is 5.76. The summed E-state index contributed by atoms with van der Waals surface area (Å²) in [6, 6.07) is 4.38. The minimum absolute atomic E-state index is 0.0869. The van der Waals surface area contributed by atoms with Gasteiger partial charge >= 0.3 is 0 Å². The quantitative estimate of drug-likeness (QED) is 0.374. The molecule has 1 aromatic rings. The number of hydrogen-bond acceptors (Lipinski definition) is 4. The summed E-state index contributed by atoms with van der Waals surface area (Å²) in [4.78, 5) is 10.2. The number of rotatable bonds is 5. The predicted molar refractivity (Wildman–Crippen MR) is 74.2 cm³/mol. The average molecular weight is 290 g/mol. The van der Waals surface area contributed by atoms with Gasteiger partial charge in [0.1, 0.15) is 5.02 Å². The van der Waals surface area contributed by atoms with Crippen LogP contribution in [0.25, 0.3) is 0 Å². The second-order valence-corrected chi connectivity index (χ2v) is 4.11. The summed E-state index contributed by atoms with van der Waals surface area (Å²) >= 11 is 10.7. The third kappa shape index (κ3) is 4.44. The highest BCUT2D eigenvalue weighted by atomic mass is 35.5. The van der Waals surface area contributed by atoms with E-state index in [1.807, 2.05) is 0 Å². The monoisotopic (exact) mass is 289 g/mol. The van der Waals surface area contributed by atoms with Gasteiger partial charge in [0.2, 0.25) is 0 Å². The number of hydrogen-bond donors (Lipinski definition) is 2. The fourth-order valence-corrected chi connectivity index (χ4v) is 1.58. The SMILES string of the molecule is COCCNC(=S)Nc1ccc(Cl)c([N+](=O)[O-])c1. The highest BCUT2D eigenvalue weighted by Crippen LogP contribution is 2.27. The maximum absolute atomic E-state index is 10.7. The zero-order chi connectivity index (χ0) is 13.5. The number of thiocarbonyl (C=S) groups is 1. The van der Waals surface area contributed by atoms with E-state index in [0.29, 0.717) is 24.0 Å². The molecule has 0 radical (unpaired) electrons. The molecule has 18 heavy (non-hydrogen) atoms. The van der Waals surface area contributed by atoms with Gasteiger partial charge in [0.05, 0.1) is 11.5 Å². The van der Waals surface area contributed by atoms with Crippen molar-refractivity contribution in [2.24, 2.45) is 0 Å². The molecule has 0 aliphatic carbocycles. The molecule has 0 unspecified atom stereocenters. The number of methoxy groups -OCH3 is 1. The van der Waals surface area contributed by atoms with Crippen molar-refractivity contribution in [2.45, 2.75) is 0 Å². The van der Waals surface area contributed by atoms with Crippen LogP contribution in [0.1, 0.15) is 0 Å². The standard InChI is InChI=1S/C10H12ClN3O3S/c1-17-5-4-12-10(18)13-7-2-3-8(11)9(6-7)14(15)16/h2-3,6H,4-5H2,1H3,(H2,12,13,18). The van der Waals surface area contributed by atoms with Gasteiger partial charge in [-0.15, -0.1) is 0 Å². The summed E-state index contributed by atoms with van der Waals surface area (Å²) in [5.74, 6) is 0. The third-order valence-electron chi connectivity index (χ3n) is 1.99. The predicted octanol–water partition coefficient (Wildman–Crippen LogP) is 2.18. The van der Waals surface area contributed by atoms with Crippen molar-refractivity contribution >= 4 is 40.3 Å². The first kappa shape index (κ1) is 14.6. The first-order valence-electron chi connectivity index (χ1n) is 5.02. The van der Waals surface area contributed by atoms with Crippen molar-refractivity contribution in [3.63, 3.8) is 0 Å². The molecule has 0 fully saturated rings. The van der Waals surface area contributed by atoms with Crippen molar-refractivity contribution in [3.8, 4) is 0 Å². The highest BCUT2D eigenvalue weighted by molar-refractivity contribution is 7.80. The Morgan fingerprint density at radius 3 is 2.94 bits per heavy atom. The zero-order valence-electron chi connectivity index (χ0n) is 9.60. The Hall–Kier alpha value is -1.44. The van der Waals surface area contributed by atoms with Gasteiger partial charge in [-0.05, 0) is 24.4 Å². The van der Waals surface area contributed by atoms with Gasteiger partial charge in [0.25, 0.3) is 5.69 Å². The molecule has 1 rings (SSSR count). The summed E-state index contributed by atoms with van der Waals surface area (Å²) in [7, 11) is 1.58. The fourth-order valence-electron chi connectivity index (χ4n) is 1.17. The van der Waals surface area contributed by atoms with Crippen LogP contribution in [0.4, 0.5) is 11.4 Å². The van der Waals surface area contributed by atoms with Gasteiger partial charge in [-0.1, -0.05) is 11.6 Å². The Balaban J connectivity index is 2.65. The Morgan fingerprint density at radius 1 is 1.61 bits per heavy atom. The number of nitro benzene ring substituents is 1. The second kappa shape index (κ2) is 7.10. The molecule has 0 aliphatic rings. The molecule has 8 heteroatoms. The van der Waals surface area contributed by atoms with E-state index >= 15 is 0 Å². The molecule has 0 saturated carbocycles. The minimum atomic E-state index is -0.547. The largest absolute Gasteiger partial charge is 0.383 e. The topological polar surface area (TPSA) is 76.4 Å². The van der Waals surface area contributed by atoms with E-state index in [0.717, 1.165) is 0 Å². The zero-order valence-corrected chi connectivity index (χ0v) is 11.2. The molecule has 0 heterocycles. The molecule has 0 amide bonds. The Morgan fingerprint density at radius 2 is 2.33 bits per heavy atom. The molecular weight excluding hydrogens is 278 g/mol. The lowest BCUT2D eigenvalue weighted by Crippen LogP contribution is -2.31. The van der Waals surface area contributed by atoms with Gasteiger partial charge < -0.3 is 15.4 Å². The van der Waals surface area contributed by atoms with Crippen LogP contribution in [0, 0.1) is 10.1 Å². The van der Waals surface area contributed by atoms with Crippen LogP contribution >= 0.6 is 23.8 Å². The number of halogens is 1. The molecule has 98 valence electrons. The van der Waals surface area contributed by atoms with Crippen molar-refractivity contribution in [2.75, 3.05) is 25.6 Å². The van der Waals surface area contributed by atoms with Crippen molar-refractivity contribution < 1.29 is 9.66 Å². The van der Waals surface area contributed by atoms with E-state index < -0.39 is 4.92 Å². The molecule has 0 atom stereocenters. The molecule has 0 bridgehead atoms. The molecule has 0 aliphatic heterocycles. The lowest BCUT2D eigenvalue weighted by Gasteiger charge is -2.10. The van der Waals surface area contributed by atoms with Crippen molar-refractivity contribution in [3.05, 3.63) is 33.3 Å². The van der Waals surface area contributed by atoms with Crippen LogP contribution < -0.4 is 10.6 Å². The molecule has 2 N–H and O–H groups in total. The maximum atomic E-state index is 10.7.